The molecule has 0 aromatic heterocycles. The van der Waals surface area contributed by atoms with Gasteiger partial charge < -0.3 is 5.11 Å². The number of rotatable bonds is 4. The van der Waals surface area contributed by atoms with E-state index in [0.29, 0.717) is 5.92 Å². The van der Waals surface area contributed by atoms with Gasteiger partial charge in [0.2, 0.25) is 0 Å². The lowest BCUT2D eigenvalue weighted by molar-refractivity contribution is 0.290. The van der Waals surface area contributed by atoms with Crippen molar-refractivity contribution in [3.8, 4) is 11.8 Å². The summed E-state index contributed by atoms with van der Waals surface area (Å²) in [6.45, 7) is 4.66. The first-order valence-electron chi connectivity index (χ1n) is 5.97. The van der Waals surface area contributed by atoms with Gasteiger partial charge in [-0.2, -0.15) is 0 Å². The quantitative estimate of drug-likeness (QED) is 0.604. The Morgan fingerprint density at radius 1 is 1.25 bits per heavy atom. The number of hydrogen-bond acceptors (Lipinski definition) is 1. The zero-order valence-corrected chi connectivity index (χ0v) is 10.2. The zero-order chi connectivity index (χ0) is 11.8. The summed E-state index contributed by atoms with van der Waals surface area (Å²) in [6.07, 6.45) is 2.70. The summed E-state index contributed by atoms with van der Waals surface area (Å²) >= 11 is 0. The summed E-state index contributed by atoms with van der Waals surface area (Å²) < 4.78 is 0. The Bertz CT molecular complexity index is 353. The highest BCUT2D eigenvalue weighted by molar-refractivity contribution is 5.36. The number of hydrogen-bond donors (Lipinski definition) is 1. The van der Waals surface area contributed by atoms with Gasteiger partial charge in [0.1, 0.15) is 0 Å². The lowest BCUT2D eigenvalue weighted by Crippen LogP contribution is -1.90. The maximum absolute atomic E-state index is 8.62. The van der Waals surface area contributed by atoms with Crippen molar-refractivity contribution in [1.82, 2.24) is 0 Å². The van der Waals surface area contributed by atoms with E-state index in [-0.39, 0.29) is 6.61 Å². The lowest BCUT2D eigenvalue weighted by atomic mass is 9.98. The molecule has 0 aliphatic rings. The molecule has 0 heterocycles. The first kappa shape index (κ1) is 12.8. The fraction of sp³-hybridized carbons (Fsp3) is 0.467. The van der Waals surface area contributed by atoms with Gasteiger partial charge in [-0.25, -0.2) is 0 Å². The van der Waals surface area contributed by atoms with Crippen LogP contribution in [0.15, 0.2) is 24.3 Å². The molecule has 0 radical (unpaired) electrons. The molecule has 1 aromatic rings. The molecular formula is C15H20O. The molecule has 0 spiro atoms. The second kappa shape index (κ2) is 7.09. The number of aliphatic hydroxyl groups is 1. The van der Waals surface area contributed by atoms with Crippen molar-refractivity contribution in [2.75, 3.05) is 6.61 Å². The summed E-state index contributed by atoms with van der Waals surface area (Å²) in [5.41, 5.74) is 2.44. The molecule has 86 valence electrons. The van der Waals surface area contributed by atoms with Crippen molar-refractivity contribution in [3.63, 3.8) is 0 Å². The van der Waals surface area contributed by atoms with Gasteiger partial charge in [0.15, 0.2) is 0 Å². The maximum Gasteiger partial charge on any atom is 0.0440 e. The molecule has 1 unspecified atom stereocenters. The third-order valence-corrected chi connectivity index (χ3v) is 2.78. The Labute approximate surface area is 98.5 Å². The normalized spacial score (nSPS) is 11.7. The van der Waals surface area contributed by atoms with Gasteiger partial charge >= 0.3 is 0 Å². The van der Waals surface area contributed by atoms with E-state index in [9.17, 15) is 0 Å². The molecule has 0 amide bonds. The minimum absolute atomic E-state index is 0.224. The van der Waals surface area contributed by atoms with E-state index in [1.807, 2.05) is 0 Å². The van der Waals surface area contributed by atoms with Crippen molar-refractivity contribution in [2.24, 2.45) is 0 Å². The monoisotopic (exact) mass is 216 g/mol. The Morgan fingerprint density at radius 2 is 1.94 bits per heavy atom. The van der Waals surface area contributed by atoms with Crippen LogP contribution in [-0.4, -0.2) is 11.7 Å². The molecular weight excluding hydrogens is 196 g/mol. The summed E-state index contributed by atoms with van der Waals surface area (Å²) in [7, 11) is 0. The SMILES string of the molecule is CCC(C)c1ccc(C#CCCCO)cc1. The molecule has 1 atom stereocenters. The van der Waals surface area contributed by atoms with E-state index in [2.05, 4.69) is 50.0 Å². The largest absolute Gasteiger partial charge is 0.396 e. The lowest BCUT2D eigenvalue weighted by Gasteiger charge is -2.07. The van der Waals surface area contributed by atoms with Crippen molar-refractivity contribution in [1.29, 1.82) is 0 Å². The van der Waals surface area contributed by atoms with Crippen molar-refractivity contribution in [3.05, 3.63) is 35.4 Å². The second-order valence-corrected chi connectivity index (χ2v) is 4.06. The average molecular weight is 216 g/mol. The van der Waals surface area contributed by atoms with Gasteiger partial charge in [0.05, 0.1) is 0 Å². The predicted molar refractivity (Wildman–Crippen MR) is 68.3 cm³/mol. The predicted octanol–water partition coefficient (Wildman–Crippen LogP) is 3.32. The van der Waals surface area contributed by atoms with Crippen LogP contribution in [0, 0.1) is 11.8 Å². The van der Waals surface area contributed by atoms with E-state index in [4.69, 9.17) is 5.11 Å². The maximum atomic E-state index is 8.62. The second-order valence-electron chi connectivity index (χ2n) is 4.06. The van der Waals surface area contributed by atoms with Crippen LogP contribution in [0.4, 0.5) is 0 Å². The molecule has 1 rings (SSSR count). The summed E-state index contributed by atoms with van der Waals surface area (Å²) in [5, 5.41) is 8.62. The Hall–Kier alpha value is -1.26. The first-order chi connectivity index (χ1) is 7.77. The molecule has 0 fully saturated rings. The van der Waals surface area contributed by atoms with Crippen molar-refractivity contribution < 1.29 is 5.11 Å². The molecule has 1 heteroatoms. The Morgan fingerprint density at radius 3 is 2.50 bits per heavy atom. The number of benzene rings is 1. The van der Waals surface area contributed by atoms with Crippen LogP contribution in [-0.2, 0) is 0 Å². The van der Waals surface area contributed by atoms with E-state index in [0.717, 1.165) is 18.4 Å². The molecule has 1 nitrogen and oxygen atoms in total. The van der Waals surface area contributed by atoms with Gasteiger partial charge in [-0.1, -0.05) is 37.8 Å². The van der Waals surface area contributed by atoms with Crippen molar-refractivity contribution in [2.45, 2.75) is 39.0 Å². The summed E-state index contributed by atoms with van der Waals surface area (Å²) in [5.74, 6) is 6.78. The van der Waals surface area contributed by atoms with Crippen LogP contribution in [0.5, 0.6) is 0 Å². The summed E-state index contributed by atoms with van der Waals surface area (Å²) in [4.78, 5) is 0. The highest BCUT2D eigenvalue weighted by atomic mass is 16.2. The van der Waals surface area contributed by atoms with Gasteiger partial charge in [0.25, 0.3) is 0 Å². The van der Waals surface area contributed by atoms with Gasteiger partial charge in [0, 0.05) is 18.6 Å². The third-order valence-electron chi connectivity index (χ3n) is 2.78. The Balaban J connectivity index is 2.59. The van der Waals surface area contributed by atoms with E-state index < -0.39 is 0 Å². The van der Waals surface area contributed by atoms with Crippen LogP contribution in [0.3, 0.4) is 0 Å². The fourth-order valence-corrected chi connectivity index (χ4v) is 1.46. The van der Waals surface area contributed by atoms with Gasteiger partial charge in [-0.05, 0) is 36.5 Å². The van der Waals surface area contributed by atoms with Gasteiger partial charge in [-0.3, -0.25) is 0 Å². The highest BCUT2D eigenvalue weighted by Crippen LogP contribution is 2.18. The molecule has 1 N–H and O–H groups in total. The third kappa shape index (κ3) is 4.08. The number of unbranched alkanes of at least 4 members (excludes halogenated alkanes) is 1. The topological polar surface area (TPSA) is 20.2 Å². The molecule has 0 aliphatic heterocycles. The molecule has 0 bridgehead atoms. The zero-order valence-electron chi connectivity index (χ0n) is 10.2. The van der Waals surface area contributed by atoms with Crippen molar-refractivity contribution >= 4 is 0 Å². The van der Waals surface area contributed by atoms with E-state index in [1.54, 1.807) is 0 Å². The smallest absolute Gasteiger partial charge is 0.0440 e. The van der Waals surface area contributed by atoms with E-state index in [1.165, 1.54) is 12.0 Å². The summed E-state index contributed by atoms with van der Waals surface area (Å²) in [6, 6.07) is 8.47. The van der Waals surface area contributed by atoms with Crippen LogP contribution in [0.25, 0.3) is 0 Å². The standard InChI is InChI=1S/C15H20O/c1-3-13(2)15-10-8-14(9-11-15)7-5-4-6-12-16/h8-11,13,16H,3-4,6,12H2,1-2H3. The first-order valence-corrected chi connectivity index (χ1v) is 5.97. The van der Waals surface area contributed by atoms with Crippen LogP contribution < -0.4 is 0 Å². The van der Waals surface area contributed by atoms with Crippen LogP contribution in [0.1, 0.15) is 50.2 Å². The highest BCUT2D eigenvalue weighted by Gasteiger charge is 2.00. The molecule has 0 saturated heterocycles. The molecule has 0 saturated carbocycles. The minimum atomic E-state index is 0.224. The molecule has 0 aliphatic carbocycles. The minimum Gasteiger partial charge on any atom is -0.396 e. The Kier molecular flexibility index (Phi) is 5.67. The molecule has 1 aromatic carbocycles. The molecule has 16 heavy (non-hydrogen) atoms. The number of aliphatic hydroxyl groups excluding tert-OH is 1. The van der Waals surface area contributed by atoms with Crippen LogP contribution >= 0.6 is 0 Å². The van der Waals surface area contributed by atoms with E-state index >= 15 is 0 Å². The average Bonchev–Trinajstić information content (AvgIpc) is 2.34. The van der Waals surface area contributed by atoms with Gasteiger partial charge in [-0.15, -0.1) is 0 Å². The van der Waals surface area contributed by atoms with Crippen LogP contribution in [0.2, 0.25) is 0 Å². The fourth-order valence-electron chi connectivity index (χ4n) is 1.46.